The molecule has 0 atom stereocenters. The summed E-state index contributed by atoms with van der Waals surface area (Å²) >= 11 is 0. The molecule has 3 N–H and O–H groups in total. The summed E-state index contributed by atoms with van der Waals surface area (Å²) in [4.78, 5) is 2.54. The van der Waals surface area contributed by atoms with E-state index >= 15 is 0 Å². The number of nitrogens with zero attached hydrogens (tertiary/aromatic N) is 3. The number of nitrogens with one attached hydrogen (secondary N) is 1. The van der Waals surface area contributed by atoms with Gasteiger partial charge in [-0.05, 0) is 51.0 Å². The van der Waals surface area contributed by atoms with Gasteiger partial charge in [0.05, 0.1) is 0 Å². The Kier molecular flexibility index (Phi) is 4.55. The maximum Gasteiger partial charge on any atom is 0.148 e. The lowest BCUT2D eigenvalue weighted by Crippen LogP contribution is -2.31. The van der Waals surface area contributed by atoms with Gasteiger partial charge in [0.15, 0.2) is 0 Å². The van der Waals surface area contributed by atoms with E-state index < -0.39 is 0 Å². The molecule has 1 aromatic rings. The molecule has 94 valence electrons. The SMILES string of the molecule is Nc1ccc(NCCCN2CCCCC2)nn1. The van der Waals surface area contributed by atoms with Gasteiger partial charge in [-0.2, -0.15) is 0 Å². The van der Waals surface area contributed by atoms with Gasteiger partial charge < -0.3 is 16.0 Å². The largest absolute Gasteiger partial charge is 0.382 e. The zero-order valence-corrected chi connectivity index (χ0v) is 10.2. The minimum atomic E-state index is 0.462. The molecule has 0 radical (unpaired) electrons. The number of anilines is 2. The monoisotopic (exact) mass is 235 g/mol. The molecule has 5 nitrogen and oxygen atoms in total. The van der Waals surface area contributed by atoms with Crippen LogP contribution in [0.5, 0.6) is 0 Å². The summed E-state index contributed by atoms with van der Waals surface area (Å²) in [5.74, 6) is 1.27. The van der Waals surface area contributed by atoms with E-state index in [1.165, 1.54) is 38.9 Å². The van der Waals surface area contributed by atoms with E-state index in [1.807, 2.05) is 6.07 Å². The third-order valence-electron chi connectivity index (χ3n) is 3.09. The minimum absolute atomic E-state index is 0.462. The fourth-order valence-electron chi connectivity index (χ4n) is 2.14. The van der Waals surface area contributed by atoms with Crippen LogP contribution in [0.2, 0.25) is 0 Å². The third kappa shape index (κ3) is 4.19. The van der Waals surface area contributed by atoms with E-state index in [4.69, 9.17) is 5.73 Å². The molecule has 2 rings (SSSR count). The van der Waals surface area contributed by atoms with Crippen molar-refractivity contribution in [1.82, 2.24) is 15.1 Å². The summed E-state index contributed by atoms with van der Waals surface area (Å²) in [6.07, 6.45) is 5.26. The maximum absolute atomic E-state index is 5.47. The van der Waals surface area contributed by atoms with Gasteiger partial charge in [-0.25, -0.2) is 0 Å². The standard InChI is InChI=1S/C12H21N5/c13-11-5-6-12(16-15-11)14-7-4-10-17-8-2-1-3-9-17/h5-6H,1-4,7-10H2,(H2,13,15)(H,14,16). The first-order chi connectivity index (χ1) is 8.34. The quantitative estimate of drug-likeness (QED) is 0.754. The maximum atomic E-state index is 5.47. The molecule has 0 bridgehead atoms. The molecule has 1 saturated heterocycles. The van der Waals surface area contributed by atoms with Crippen LogP contribution < -0.4 is 11.1 Å². The lowest BCUT2D eigenvalue weighted by molar-refractivity contribution is 0.228. The van der Waals surface area contributed by atoms with Crippen molar-refractivity contribution in [2.24, 2.45) is 0 Å². The normalized spacial score (nSPS) is 16.9. The lowest BCUT2D eigenvalue weighted by Gasteiger charge is -2.26. The number of rotatable bonds is 5. The molecule has 2 heterocycles. The molecular formula is C12H21N5. The zero-order chi connectivity index (χ0) is 11.9. The van der Waals surface area contributed by atoms with Crippen molar-refractivity contribution < 1.29 is 0 Å². The Bertz CT molecular complexity index is 318. The van der Waals surface area contributed by atoms with Crippen molar-refractivity contribution in [1.29, 1.82) is 0 Å². The average Bonchev–Trinajstić information content (AvgIpc) is 2.38. The molecule has 0 aliphatic carbocycles. The molecule has 1 aromatic heterocycles. The molecule has 0 saturated carbocycles. The Labute approximate surface area is 102 Å². The van der Waals surface area contributed by atoms with Crippen molar-refractivity contribution in [3.05, 3.63) is 12.1 Å². The Morgan fingerprint density at radius 3 is 2.71 bits per heavy atom. The van der Waals surface area contributed by atoms with Crippen LogP contribution >= 0.6 is 0 Å². The molecule has 0 amide bonds. The van der Waals surface area contributed by atoms with Crippen molar-refractivity contribution in [3.63, 3.8) is 0 Å². The first-order valence-corrected chi connectivity index (χ1v) is 6.40. The van der Waals surface area contributed by atoms with Crippen LogP contribution in [0.25, 0.3) is 0 Å². The summed E-state index contributed by atoms with van der Waals surface area (Å²) in [6, 6.07) is 3.63. The van der Waals surface area contributed by atoms with Crippen LogP contribution in [-0.2, 0) is 0 Å². The highest BCUT2D eigenvalue weighted by Crippen LogP contribution is 2.09. The van der Waals surface area contributed by atoms with Crippen LogP contribution in [0, 0.1) is 0 Å². The smallest absolute Gasteiger partial charge is 0.148 e. The molecule has 17 heavy (non-hydrogen) atoms. The van der Waals surface area contributed by atoms with Crippen molar-refractivity contribution in [2.75, 3.05) is 37.2 Å². The average molecular weight is 235 g/mol. The molecular weight excluding hydrogens is 214 g/mol. The topological polar surface area (TPSA) is 67.1 Å². The summed E-state index contributed by atoms with van der Waals surface area (Å²) < 4.78 is 0. The van der Waals surface area contributed by atoms with Gasteiger partial charge in [0, 0.05) is 6.54 Å². The van der Waals surface area contributed by atoms with Gasteiger partial charge in [-0.1, -0.05) is 6.42 Å². The highest BCUT2D eigenvalue weighted by atomic mass is 15.2. The molecule has 0 aromatic carbocycles. The summed E-state index contributed by atoms with van der Waals surface area (Å²) in [5, 5.41) is 11.0. The van der Waals surface area contributed by atoms with Gasteiger partial charge in [0.2, 0.25) is 0 Å². The molecule has 0 spiro atoms. The van der Waals surface area contributed by atoms with E-state index in [9.17, 15) is 0 Å². The Balaban J connectivity index is 1.60. The number of nitrogens with two attached hydrogens (primary N) is 1. The fourth-order valence-corrected chi connectivity index (χ4v) is 2.14. The first-order valence-electron chi connectivity index (χ1n) is 6.40. The predicted molar refractivity (Wildman–Crippen MR) is 69.8 cm³/mol. The highest BCUT2D eigenvalue weighted by Gasteiger charge is 2.08. The van der Waals surface area contributed by atoms with Crippen LogP contribution in [0.4, 0.5) is 11.6 Å². The van der Waals surface area contributed by atoms with E-state index in [2.05, 4.69) is 20.4 Å². The van der Waals surface area contributed by atoms with E-state index in [-0.39, 0.29) is 0 Å². The Morgan fingerprint density at radius 1 is 1.18 bits per heavy atom. The molecule has 1 aliphatic heterocycles. The predicted octanol–water partition coefficient (Wildman–Crippen LogP) is 1.35. The third-order valence-corrected chi connectivity index (χ3v) is 3.09. The summed E-state index contributed by atoms with van der Waals surface area (Å²) in [6.45, 7) is 4.65. The summed E-state index contributed by atoms with van der Waals surface area (Å²) in [5.41, 5.74) is 5.47. The number of hydrogen-bond donors (Lipinski definition) is 2. The van der Waals surface area contributed by atoms with Crippen molar-refractivity contribution in [3.8, 4) is 0 Å². The number of hydrogen-bond acceptors (Lipinski definition) is 5. The van der Waals surface area contributed by atoms with Crippen LogP contribution in [0.1, 0.15) is 25.7 Å². The second kappa shape index (κ2) is 6.39. The van der Waals surface area contributed by atoms with Gasteiger partial charge in [0.1, 0.15) is 11.6 Å². The molecule has 1 fully saturated rings. The zero-order valence-electron chi connectivity index (χ0n) is 10.2. The lowest BCUT2D eigenvalue weighted by atomic mass is 10.1. The van der Waals surface area contributed by atoms with Crippen LogP contribution in [0.3, 0.4) is 0 Å². The number of piperidine rings is 1. The molecule has 1 aliphatic rings. The fraction of sp³-hybridized carbons (Fsp3) is 0.667. The van der Waals surface area contributed by atoms with E-state index in [1.54, 1.807) is 6.07 Å². The van der Waals surface area contributed by atoms with Crippen molar-refractivity contribution in [2.45, 2.75) is 25.7 Å². The summed E-state index contributed by atoms with van der Waals surface area (Å²) in [7, 11) is 0. The van der Waals surface area contributed by atoms with E-state index in [0.717, 1.165) is 18.8 Å². The van der Waals surface area contributed by atoms with Gasteiger partial charge >= 0.3 is 0 Å². The highest BCUT2D eigenvalue weighted by molar-refractivity contribution is 5.38. The van der Waals surface area contributed by atoms with Crippen molar-refractivity contribution >= 4 is 11.6 Å². The van der Waals surface area contributed by atoms with Gasteiger partial charge in [0.25, 0.3) is 0 Å². The second-order valence-corrected chi connectivity index (χ2v) is 4.53. The number of nitrogen functional groups attached to an aromatic ring is 1. The van der Waals surface area contributed by atoms with Crippen LogP contribution in [-0.4, -0.2) is 41.3 Å². The molecule has 5 heteroatoms. The molecule has 0 unspecified atom stereocenters. The number of aromatic nitrogens is 2. The second-order valence-electron chi connectivity index (χ2n) is 4.53. The first kappa shape index (κ1) is 12.1. The number of likely N-dealkylation sites (tertiary alicyclic amines) is 1. The Hall–Kier alpha value is -1.36. The van der Waals surface area contributed by atoms with Gasteiger partial charge in [-0.15, -0.1) is 10.2 Å². The minimum Gasteiger partial charge on any atom is -0.382 e. The van der Waals surface area contributed by atoms with Crippen LogP contribution in [0.15, 0.2) is 12.1 Å². The Morgan fingerprint density at radius 2 is 2.00 bits per heavy atom. The van der Waals surface area contributed by atoms with E-state index in [0.29, 0.717) is 5.82 Å². The van der Waals surface area contributed by atoms with Gasteiger partial charge in [-0.3, -0.25) is 0 Å².